The smallest absolute Gasteiger partial charge is 0.164 e. The number of carbonyl (C=O) groups excluding carboxylic acids is 1. The Morgan fingerprint density at radius 1 is 1.29 bits per heavy atom. The number of para-hydroxylation sites is 1. The third-order valence-electron chi connectivity index (χ3n) is 3.24. The Bertz CT molecular complexity index is 386. The molecule has 1 aliphatic rings. The lowest BCUT2D eigenvalue weighted by Gasteiger charge is -2.33. The first-order chi connectivity index (χ1) is 8.07. The zero-order chi connectivity index (χ0) is 12.3. The fourth-order valence-corrected chi connectivity index (χ4v) is 2.09. The average Bonchev–Trinajstić information content (AvgIpc) is 2.32. The van der Waals surface area contributed by atoms with Crippen LogP contribution in [0.25, 0.3) is 0 Å². The molecule has 0 radical (unpaired) electrons. The van der Waals surface area contributed by atoms with Gasteiger partial charge in [-0.2, -0.15) is 0 Å². The topological polar surface area (TPSA) is 38.3 Å². The van der Waals surface area contributed by atoms with Crippen LogP contribution in [0.1, 0.15) is 33.1 Å². The van der Waals surface area contributed by atoms with Crippen molar-refractivity contribution >= 4 is 11.5 Å². The number of ketones is 1. The Morgan fingerprint density at radius 2 is 2.00 bits per heavy atom. The van der Waals surface area contributed by atoms with Crippen LogP contribution in [0.3, 0.4) is 0 Å². The monoisotopic (exact) mass is 233 g/mol. The fourth-order valence-electron chi connectivity index (χ4n) is 2.09. The molecule has 0 spiro atoms. The van der Waals surface area contributed by atoms with Crippen molar-refractivity contribution in [1.82, 2.24) is 0 Å². The van der Waals surface area contributed by atoms with Crippen molar-refractivity contribution < 1.29 is 9.63 Å². The number of rotatable bonds is 3. The van der Waals surface area contributed by atoms with E-state index < -0.39 is 0 Å². The van der Waals surface area contributed by atoms with E-state index in [4.69, 9.17) is 4.84 Å². The summed E-state index contributed by atoms with van der Waals surface area (Å²) >= 11 is 0. The van der Waals surface area contributed by atoms with Crippen LogP contribution in [0.5, 0.6) is 0 Å². The third kappa shape index (κ3) is 3.30. The van der Waals surface area contributed by atoms with E-state index in [0.29, 0.717) is 6.42 Å². The Labute approximate surface area is 102 Å². The molecular formula is C14H19NO2. The van der Waals surface area contributed by atoms with Crippen molar-refractivity contribution in [3.63, 3.8) is 0 Å². The SMILES string of the molecule is CC1(C)CCC(=O)C(ONc2ccccc2)C1. The minimum absolute atomic E-state index is 0.191. The quantitative estimate of drug-likeness (QED) is 0.815. The van der Waals surface area contributed by atoms with Gasteiger partial charge in [-0.05, 0) is 30.4 Å². The predicted octanol–water partition coefficient (Wildman–Crippen LogP) is 3.18. The number of nitrogens with one attached hydrogen (secondary N) is 1. The molecule has 1 N–H and O–H groups in total. The number of benzene rings is 1. The Hall–Kier alpha value is -1.35. The van der Waals surface area contributed by atoms with Gasteiger partial charge in [0.25, 0.3) is 0 Å². The number of Topliss-reactive ketones (excluding diaryl/α,β-unsaturated/α-hetero) is 1. The third-order valence-corrected chi connectivity index (χ3v) is 3.24. The van der Waals surface area contributed by atoms with Crippen LogP contribution in [0.4, 0.5) is 5.69 Å². The van der Waals surface area contributed by atoms with E-state index in [9.17, 15) is 4.79 Å². The second-order valence-corrected chi connectivity index (χ2v) is 5.41. The highest BCUT2D eigenvalue weighted by Crippen LogP contribution is 2.34. The van der Waals surface area contributed by atoms with Crippen molar-refractivity contribution in [2.24, 2.45) is 5.41 Å². The first-order valence-corrected chi connectivity index (χ1v) is 6.06. The van der Waals surface area contributed by atoms with Gasteiger partial charge in [0.2, 0.25) is 0 Å². The van der Waals surface area contributed by atoms with Gasteiger partial charge in [-0.15, -0.1) is 0 Å². The van der Waals surface area contributed by atoms with Gasteiger partial charge in [-0.25, -0.2) is 0 Å². The Balaban J connectivity index is 1.92. The summed E-state index contributed by atoms with van der Waals surface area (Å²) in [5.41, 5.74) is 3.93. The molecule has 1 fully saturated rings. The summed E-state index contributed by atoms with van der Waals surface area (Å²) in [6.07, 6.45) is 2.04. The van der Waals surface area contributed by atoms with Crippen molar-refractivity contribution in [2.45, 2.75) is 39.2 Å². The predicted molar refractivity (Wildman–Crippen MR) is 67.6 cm³/mol. The van der Waals surface area contributed by atoms with E-state index in [-0.39, 0.29) is 17.3 Å². The molecule has 3 heteroatoms. The van der Waals surface area contributed by atoms with Gasteiger partial charge in [-0.3, -0.25) is 15.1 Å². The highest BCUT2D eigenvalue weighted by molar-refractivity contribution is 5.84. The van der Waals surface area contributed by atoms with Crippen LogP contribution >= 0.6 is 0 Å². The van der Waals surface area contributed by atoms with Gasteiger partial charge < -0.3 is 0 Å². The molecule has 1 saturated carbocycles. The van der Waals surface area contributed by atoms with Crippen LogP contribution in [0.2, 0.25) is 0 Å². The van der Waals surface area contributed by atoms with E-state index in [1.54, 1.807) is 0 Å². The summed E-state index contributed by atoms with van der Waals surface area (Å²) in [6, 6.07) is 9.63. The molecule has 1 aromatic rings. The highest BCUT2D eigenvalue weighted by Gasteiger charge is 2.34. The second-order valence-electron chi connectivity index (χ2n) is 5.41. The number of anilines is 1. The summed E-state index contributed by atoms with van der Waals surface area (Å²) in [7, 11) is 0. The Morgan fingerprint density at radius 3 is 2.71 bits per heavy atom. The second kappa shape index (κ2) is 4.88. The number of carbonyl (C=O) groups is 1. The molecule has 0 bridgehead atoms. The zero-order valence-electron chi connectivity index (χ0n) is 10.4. The standard InChI is InChI=1S/C14H19NO2/c1-14(2)9-8-12(16)13(10-14)17-15-11-6-4-3-5-7-11/h3-7,13,15H,8-10H2,1-2H3. The van der Waals surface area contributed by atoms with Crippen molar-refractivity contribution in [3.8, 4) is 0 Å². The summed E-state index contributed by atoms with van der Waals surface area (Å²) in [5.74, 6) is 0.202. The van der Waals surface area contributed by atoms with E-state index >= 15 is 0 Å². The van der Waals surface area contributed by atoms with Gasteiger partial charge >= 0.3 is 0 Å². The molecule has 0 aliphatic heterocycles. The number of hydrogen-bond donors (Lipinski definition) is 1. The van der Waals surface area contributed by atoms with Crippen molar-refractivity contribution in [2.75, 3.05) is 5.48 Å². The van der Waals surface area contributed by atoms with Crippen LogP contribution < -0.4 is 5.48 Å². The van der Waals surface area contributed by atoms with Crippen LogP contribution in [0, 0.1) is 5.41 Å². The molecule has 0 amide bonds. The van der Waals surface area contributed by atoms with Gasteiger partial charge in [0.15, 0.2) is 5.78 Å². The average molecular weight is 233 g/mol. The Kier molecular flexibility index (Phi) is 3.48. The largest absolute Gasteiger partial charge is 0.297 e. The summed E-state index contributed by atoms with van der Waals surface area (Å²) in [6.45, 7) is 4.36. The lowest BCUT2D eigenvalue weighted by atomic mass is 9.75. The molecule has 0 aromatic heterocycles. The molecule has 2 rings (SSSR count). The van der Waals surface area contributed by atoms with E-state index in [2.05, 4.69) is 19.3 Å². The first-order valence-electron chi connectivity index (χ1n) is 6.06. The highest BCUT2D eigenvalue weighted by atomic mass is 16.7. The summed E-state index contributed by atoms with van der Waals surface area (Å²) in [5, 5.41) is 0. The minimum Gasteiger partial charge on any atom is -0.297 e. The molecule has 0 saturated heterocycles. The van der Waals surface area contributed by atoms with E-state index in [0.717, 1.165) is 18.5 Å². The molecule has 92 valence electrons. The maximum absolute atomic E-state index is 11.7. The molecular weight excluding hydrogens is 214 g/mol. The lowest BCUT2D eigenvalue weighted by Crippen LogP contribution is -2.37. The molecule has 3 nitrogen and oxygen atoms in total. The van der Waals surface area contributed by atoms with Crippen molar-refractivity contribution in [1.29, 1.82) is 0 Å². The molecule has 1 aromatic carbocycles. The van der Waals surface area contributed by atoms with Gasteiger partial charge in [-0.1, -0.05) is 32.0 Å². The fraction of sp³-hybridized carbons (Fsp3) is 0.500. The van der Waals surface area contributed by atoms with E-state index in [1.165, 1.54) is 0 Å². The summed E-state index contributed by atoms with van der Waals surface area (Å²) in [4.78, 5) is 17.3. The molecule has 1 atom stereocenters. The molecule has 17 heavy (non-hydrogen) atoms. The molecule has 0 heterocycles. The zero-order valence-corrected chi connectivity index (χ0v) is 10.4. The molecule has 1 unspecified atom stereocenters. The molecule has 1 aliphatic carbocycles. The minimum atomic E-state index is -0.320. The van der Waals surface area contributed by atoms with Crippen LogP contribution in [-0.4, -0.2) is 11.9 Å². The lowest BCUT2D eigenvalue weighted by molar-refractivity contribution is -0.134. The number of hydrogen-bond acceptors (Lipinski definition) is 3. The van der Waals surface area contributed by atoms with Gasteiger partial charge in [0.1, 0.15) is 6.10 Å². The first kappa shape index (κ1) is 12.1. The maximum Gasteiger partial charge on any atom is 0.164 e. The van der Waals surface area contributed by atoms with Gasteiger partial charge in [0.05, 0.1) is 5.69 Å². The van der Waals surface area contributed by atoms with Gasteiger partial charge in [0, 0.05) is 6.42 Å². The summed E-state index contributed by atoms with van der Waals surface area (Å²) < 4.78 is 0. The van der Waals surface area contributed by atoms with Crippen LogP contribution in [0.15, 0.2) is 30.3 Å². The van der Waals surface area contributed by atoms with Crippen LogP contribution in [-0.2, 0) is 9.63 Å². The van der Waals surface area contributed by atoms with Crippen molar-refractivity contribution in [3.05, 3.63) is 30.3 Å². The maximum atomic E-state index is 11.7. The van der Waals surface area contributed by atoms with E-state index in [1.807, 2.05) is 30.3 Å². The normalized spacial score (nSPS) is 23.4.